The van der Waals surface area contributed by atoms with E-state index in [0.29, 0.717) is 5.69 Å². The van der Waals surface area contributed by atoms with Crippen molar-refractivity contribution in [3.63, 3.8) is 0 Å². The number of anilines is 1. The molecule has 0 atom stereocenters. The van der Waals surface area contributed by atoms with Crippen molar-refractivity contribution < 1.29 is 22.0 Å². The fourth-order valence-corrected chi connectivity index (χ4v) is 3.63. The molecule has 4 rings (SSSR count). The van der Waals surface area contributed by atoms with E-state index in [1.54, 1.807) is 12.1 Å². The number of azo groups is 1. The highest BCUT2D eigenvalue weighted by molar-refractivity contribution is 5.67. The Kier molecular flexibility index (Phi) is 4.13. The van der Waals surface area contributed by atoms with Crippen LogP contribution in [0.4, 0.5) is 39.0 Å². The lowest BCUT2D eigenvalue weighted by atomic mass is 9.91. The highest BCUT2D eigenvalue weighted by atomic mass is 19.2. The van der Waals surface area contributed by atoms with E-state index in [2.05, 4.69) is 15.1 Å². The summed E-state index contributed by atoms with van der Waals surface area (Å²) in [5, 5.41) is 7.06. The molecule has 0 aliphatic carbocycles. The van der Waals surface area contributed by atoms with Crippen molar-refractivity contribution >= 4 is 17.1 Å². The molecule has 0 spiro atoms. The van der Waals surface area contributed by atoms with Gasteiger partial charge in [-0.3, -0.25) is 0 Å². The molecule has 0 amide bonds. The molecular formula is C18H14F5N3. The molecule has 136 valence electrons. The summed E-state index contributed by atoms with van der Waals surface area (Å²) in [7, 11) is 0. The zero-order valence-electron chi connectivity index (χ0n) is 13.6. The Balaban J connectivity index is 1.75. The van der Waals surface area contributed by atoms with E-state index < -0.39 is 34.8 Å². The number of halogens is 5. The third kappa shape index (κ3) is 2.64. The molecule has 0 radical (unpaired) electrons. The van der Waals surface area contributed by atoms with Gasteiger partial charge in [-0.05, 0) is 48.9 Å². The summed E-state index contributed by atoms with van der Waals surface area (Å²) < 4.78 is 67.0. The summed E-state index contributed by atoms with van der Waals surface area (Å²) in [4.78, 5) is 2.31. The van der Waals surface area contributed by atoms with Crippen molar-refractivity contribution in [1.29, 1.82) is 0 Å². The highest BCUT2D eigenvalue weighted by Crippen LogP contribution is 2.39. The van der Waals surface area contributed by atoms with Crippen LogP contribution >= 0.6 is 0 Å². The van der Waals surface area contributed by atoms with Crippen molar-refractivity contribution in [3.8, 4) is 0 Å². The van der Waals surface area contributed by atoms with Gasteiger partial charge in [0.1, 0.15) is 0 Å². The van der Waals surface area contributed by atoms with Crippen LogP contribution in [0.15, 0.2) is 22.4 Å². The third-order valence-corrected chi connectivity index (χ3v) is 4.77. The van der Waals surface area contributed by atoms with Gasteiger partial charge in [0, 0.05) is 18.8 Å². The van der Waals surface area contributed by atoms with Gasteiger partial charge in [-0.2, -0.15) is 5.11 Å². The van der Waals surface area contributed by atoms with Crippen molar-refractivity contribution in [2.24, 2.45) is 10.2 Å². The van der Waals surface area contributed by atoms with Crippen LogP contribution in [0.3, 0.4) is 0 Å². The number of hydrogen-bond acceptors (Lipinski definition) is 3. The molecule has 0 aromatic heterocycles. The molecule has 3 nitrogen and oxygen atoms in total. The lowest BCUT2D eigenvalue weighted by molar-refractivity contribution is 0.380. The van der Waals surface area contributed by atoms with E-state index in [-0.39, 0.29) is 0 Å². The van der Waals surface area contributed by atoms with Gasteiger partial charge >= 0.3 is 0 Å². The SMILES string of the molecule is Fc1c(F)c(F)c(N=Nc2cc3c4c(c2)CCCN4CCC3)c(F)c1F. The zero-order valence-corrected chi connectivity index (χ0v) is 13.6. The van der Waals surface area contributed by atoms with E-state index in [4.69, 9.17) is 0 Å². The molecule has 8 heteroatoms. The molecule has 2 heterocycles. The predicted octanol–water partition coefficient (Wildman–Crippen LogP) is 5.50. The molecule has 0 N–H and O–H groups in total. The first-order valence-electron chi connectivity index (χ1n) is 8.31. The number of rotatable bonds is 2. The Labute approximate surface area is 146 Å². The number of nitrogens with zero attached hydrogens (tertiary/aromatic N) is 3. The van der Waals surface area contributed by atoms with E-state index in [0.717, 1.165) is 49.9 Å². The molecule has 2 aromatic carbocycles. The normalized spacial score (nSPS) is 16.3. The second-order valence-electron chi connectivity index (χ2n) is 6.43. The first-order valence-corrected chi connectivity index (χ1v) is 8.31. The third-order valence-electron chi connectivity index (χ3n) is 4.77. The maximum Gasteiger partial charge on any atom is 0.200 e. The summed E-state index contributed by atoms with van der Waals surface area (Å²) in [5.41, 5.74) is 2.37. The Bertz CT molecular complexity index is 866. The Morgan fingerprint density at radius 1 is 0.692 bits per heavy atom. The van der Waals surface area contributed by atoms with Crippen LogP contribution < -0.4 is 4.90 Å². The summed E-state index contributed by atoms with van der Waals surface area (Å²) in [5.74, 6) is -10.3. The van der Waals surface area contributed by atoms with Crippen LogP contribution in [0.1, 0.15) is 24.0 Å². The van der Waals surface area contributed by atoms with Gasteiger partial charge in [-0.25, -0.2) is 22.0 Å². The van der Waals surface area contributed by atoms with Crippen molar-refractivity contribution in [2.75, 3.05) is 18.0 Å². The van der Waals surface area contributed by atoms with Crippen LogP contribution in [0, 0.1) is 29.1 Å². The number of hydrogen-bond donors (Lipinski definition) is 0. The monoisotopic (exact) mass is 367 g/mol. The van der Waals surface area contributed by atoms with Crippen molar-refractivity contribution in [2.45, 2.75) is 25.7 Å². The first-order chi connectivity index (χ1) is 12.5. The second kappa shape index (κ2) is 6.34. The molecule has 0 unspecified atom stereocenters. The molecule has 2 aromatic rings. The average molecular weight is 367 g/mol. The summed E-state index contributed by atoms with van der Waals surface area (Å²) in [6.45, 7) is 1.98. The molecule has 0 saturated heterocycles. The molecule has 0 saturated carbocycles. The van der Waals surface area contributed by atoms with Crippen LogP contribution in [0.25, 0.3) is 0 Å². The highest BCUT2D eigenvalue weighted by Gasteiger charge is 2.27. The lowest BCUT2D eigenvalue weighted by Gasteiger charge is -2.36. The fourth-order valence-electron chi connectivity index (χ4n) is 3.63. The van der Waals surface area contributed by atoms with Gasteiger partial charge in [0.25, 0.3) is 0 Å². The van der Waals surface area contributed by atoms with Crippen molar-refractivity contribution in [1.82, 2.24) is 0 Å². The minimum atomic E-state index is -2.21. The molecule has 2 aliphatic rings. The quantitative estimate of drug-likeness (QED) is 0.298. The minimum absolute atomic E-state index is 0.339. The maximum atomic E-state index is 13.7. The topological polar surface area (TPSA) is 28.0 Å². The van der Waals surface area contributed by atoms with Gasteiger partial charge in [-0.15, -0.1) is 5.11 Å². The summed E-state index contributed by atoms with van der Waals surface area (Å²) >= 11 is 0. The first kappa shape index (κ1) is 16.9. The Morgan fingerprint density at radius 2 is 1.19 bits per heavy atom. The largest absolute Gasteiger partial charge is 0.371 e. The zero-order chi connectivity index (χ0) is 18.4. The van der Waals surface area contributed by atoms with E-state index in [1.807, 2.05) is 0 Å². The molecular weight excluding hydrogens is 353 g/mol. The Hall–Kier alpha value is -2.51. The van der Waals surface area contributed by atoms with Crippen LogP contribution in [-0.4, -0.2) is 13.1 Å². The van der Waals surface area contributed by atoms with Crippen molar-refractivity contribution in [3.05, 3.63) is 52.3 Å². The lowest BCUT2D eigenvalue weighted by Crippen LogP contribution is -2.34. The van der Waals surface area contributed by atoms with Gasteiger partial charge in [0.2, 0.25) is 5.82 Å². The summed E-state index contributed by atoms with van der Waals surface area (Å²) in [6.07, 6.45) is 3.69. The van der Waals surface area contributed by atoms with E-state index in [1.165, 1.54) is 5.69 Å². The van der Waals surface area contributed by atoms with Crippen LogP contribution in [0.2, 0.25) is 0 Å². The number of benzene rings is 2. The second-order valence-corrected chi connectivity index (χ2v) is 6.43. The molecule has 2 aliphatic heterocycles. The molecule has 26 heavy (non-hydrogen) atoms. The van der Waals surface area contributed by atoms with Crippen LogP contribution in [0.5, 0.6) is 0 Å². The average Bonchev–Trinajstić information content (AvgIpc) is 2.65. The van der Waals surface area contributed by atoms with E-state index in [9.17, 15) is 22.0 Å². The summed E-state index contributed by atoms with van der Waals surface area (Å²) in [6, 6.07) is 3.51. The molecule has 0 bridgehead atoms. The predicted molar refractivity (Wildman–Crippen MR) is 85.7 cm³/mol. The fraction of sp³-hybridized carbons (Fsp3) is 0.333. The standard InChI is InChI=1S/C18H14F5N3/c19-12-13(20)15(22)17(16(23)14(12)21)25-24-11-7-9-3-1-5-26-6-2-4-10(8-11)18(9)26/h7-8H,1-6H2. The van der Waals surface area contributed by atoms with Gasteiger partial charge in [0.05, 0.1) is 5.69 Å². The Morgan fingerprint density at radius 3 is 1.73 bits per heavy atom. The minimum Gasteiger partial charge on any atom is -0.371 e. The van der Waals surface area contributed by atoms with Gasteiger partial charge < -0.3 is 4.90 Å². The van der Waals surface area contributed by atoms with E-state index >= 15 is 0 Å². The maximum absolute atomic E-state index is 13.7. The van der Waals surface area contributed by atoms with Gasteiger partial charge in [-0.1, -0.05) is 0 Å². The number of aryl methyl sites for hydroxylation is 2. The van der Waals surface area contributed by atoms with Gasteiger partial charge in [0.15, 0.2) is 29.0 Å². The molecule has 0 fully saturated rings. The van der Waals surface area contributed by atoms with Crippen LogP contribution in [-0.2, 0) is 12.8 Å². The smallest absolute Gasteiger partial charge is 0.200 e.